The molecule has 0 aromatic carbocycles. The van der Waals surface area contributed by atoms with E-state index in [0.29, 0.717) is 6.61 Å². The zero-order valence-electron chi connectivity index (χ0n) is 10.6. The number of carbonyl (C=O) groups is 1. The van der Waals surface area contributed by atoms with E-state index >= 15 is 0 Å². The molecule has 0 aliphatic rings. The second-order valence-corrected chi connectivity index (χ2v) is 3.80. The van der Waals surface area contributed by atoms with Crippen LogP contribution in [-0.2, 0) is 9.53 Å². The van der Waals surface area contributed by atoms with Gasteiger partial charge in [-0.15, -0.1) is 0 Å². The number of carbonyl (C=O) groups excluding carboxylic acids is 1. The van der Waals surface area contributed by atoms with Gasteiger partial charge in [-0.05, 0) is 20.3 Å². The van der Waals surface area contributed by atoms with E-state index in [9.17, 15) is 4.79 Å². The molecule has 0 unspecified atom stereocenters. The van der Waals surface area contributed by atoms with E-state index < -0.39 is 0 Å². The molecule has 15 heavy (non-hydrogen) atoms. The van der Waals surface area contributed by atoms with Crippen molar-refractivity contribution in [2.75, 3.05) is 6.61 Å². The molecule has 0 saturated heterocycles. The summed E-state index contributed by atoms with van der Waals surface area (Å²) in [7, 11) is 0. The Balaban J connectivity index is 0. The van der Waals surface area contributed by atoms with E-state index in [0.717, 1.165) is 6.42 Å². The molecule has 0 fully saturated rings. The fourth-order valence-corrected chi connectivity index (χ4v) is 1.05. The van der Waals surface area contributed by atoms with Gasteiger partial charge in [0.2, 0.25) is 0 Å². The largest absolute Gasteiger partial charge is 0.463 e. The van der Waals surface area contributed by atoms with Crippen LogP contribution in [0, 0.1) is 0 Å². The van der Waals surface area contributed by atoms with Gasteiger partial charge in [0, 0.05) is 13.5 Å². The molecule has 92 valence electrons. The zero-order chi connectivity index (χ0) is 12.1. The normalized spacial score (nSPS) is 9.47. The maximum Gasteiger partial charge on any atom is 0.302 e. The van der Waals surface area contributed by atoms with Crippen LogP contribution in [0.25, 0.3) is 0 Å². The maximum atomic E-state index is 10.0. The third-order valence-corrected chi connectivity index (χ3v) is 1.66. The van der Waals surface area contributed by atoms with Gasteiger partial charge in [0.1, 0.15) is 0 Å². The summed E-state index contributed by atoms with van der Waals surface area (Å²) >= 11 is 0. The number of aliphatic hydroxyl groups is 1. The van der Waals surface area contributed by atoms with Crippen LogP contribution in [0.4, 0.5) is 0 Å². The van der Waals surface area contributed by atoms with Crippen molar-refractivity contribution in [3.63, 3.8) is 0 Å². The molecule has 0 aromatic rings. The molecule has 0 amide bonds. The van der Waals surface area contributed by atoms with Crippen molar-refractivity contribution in [2.24, 2.45) is 0 Å². The minimum absolute atomic E-state index is 0.0255. The van der Waals surface area contributed by atoms with E-state index in [-0.39, 0.29) is 12.1 Å². The van der Waals surface area contributed by atoms with Crippen LogP contribution in [0.3, 0.4) is 0 Å². The van der Waals surface area contributed by atoms with E-state index in [1.807, 2.05) is 13.8 Å². The smallest absolute Gasteiger partial charge is 0.302 e. The first-order valence-corrected chi connectivity index (χ1v) is 5.82. The molecule has 0 aromatic heterocycles. The minimum Gasteiger partial charge on any atom is -0.463 e. The van der Waals surface area contributed by atoms with Gasteiger partial charge in [-0.3, -0.25) is 4.79 Å². The second-order valence-electron chi connectivity index (χ2n) is 3.80. The third-order valence-electron chi connectivity index (χ3n) is 1.66. The molecule has 3 heteroatoms. The molecule has 3 nitrogen and oxygen atoms in total. The Labute approximate surface area is 93.8 Å². The van der Waals surface area contributed by atoms with Gasteiger partial charge in [-0.25, -0.2) is 0 Å². The van der Waals surface area contributed by atoms with E-state index in [4.69, 9.17) is 5.11 Å². The average molecular weight is 218 g/mol. The van der Waals surface area contributed by atoms with Crippen LogP contribution in [0.5, 0.6) is 0 Å². The Morgan fingerprint density at radius 3 is 2.00 bits per heavy atom. The molecule has 0 aliphatic heterocycles. The number of unbranched alkanes of at least 4 members (excludes halogenated alkanes) is 4. The maximum absolute atomic E-state index is 10.0. The number of hydrogen-bond acceptors (Lipinski definition) is 3. The molecular weight excluding hydrogens is 192 g/mol. The molecule has 0 spiro atoms. The van der Waals surface area contributed by atoms with Gasteiger partial charge in [0.05, 0.1) is 6.10 Å². The molecule has 0 bridgehead atoms. The Morgan fingerprint density at radius 2 is 1.73 bits per heavy atom. The van der Waals surface area contributed by atoms with Crippen molar-refractivity contribution in [1.29, 1.82) is 0 Å². The first kappa shape index (κ1) is 16.8. The van der Waals surface area contributed by atoms with Crippen LogP contribution in [0.1, 0.15) is 59.8 Å². The fourth-order valence-electron chi connectivity index (χ4n) is 1.05. The van der Waals surface area contributed by atoms with Crippen LogP contribution >= 0.6 is 0 Å². The first-order chi connectivity index (χ1) is 7.04. The molecular formula is C12H26O3. The Hall–Kier alpha value is -0.570. The van der Waals surface area contributed by atoms with Crippen molar-refractivity contribution in [1.82, 2.24) is 0 Å². The highest BCUT2D eigenvalue weighted by molar-refractivity contribution is 5.66. The first-order valence-electron chi connectivity index (χ1n) is 5.82. The summed E-state index contributed by atoms with van der Waals surface area (Å²) in [5.74, 6) is -0.213. The SMILES string of the molecule is CC(=O)OC(C)C.CCCCCCCO. The van der Waals surface area contributed by atoms with Gasteiger partial charge in [-0.1, -0.05) is 32.6 Å². The summed E-state index contributed by atoms with van der Waals surface area (Å²) in [6.45, 7) is 7.60. The molecule has 0 saturated carbocycles. The lowest BCUT2D eigenvalue weighted by molar-refractivity contribution is -0.144. The van der Waals surface area contributed by atoms with Crippen molar-refractivity contribution < 1.29 is 14.6 Å². The highest BCUT2D eigenvalue weighted by Crippen LogP contribution is 2.00. The van der Waals surface area contributed by atoms with E-state index in [1.165, 1.54) is 32.6 Å². The van der Waals surface area contributed by atoms with Gasteiger partial charge in [-0.2, -0.15) is 0 Å². The number of rotatable bonds is 6. The van der Waals surface area contributed by atoms with Gasteiger partial charge in [0.25, 0.3) is 0 Å². The monoisotopic (exact) mass is 218 g/mol. The van der Waals surface area contributed by atoms with E-state index in [1.54, 1.807) is 0 Å². The standard InChI is InChI=1S/C7H16O.C5H10O2/c1-2-3-4-5-6-7-8;1-4(2)7-5(3)6/h8H,2-7H2,1H3;4H,1-3H3. The van der Waals surface area contributed by atoms with Crippen molar-refractivity contribution in [3.8, 4) is 0 Å². The van der Waals surface area contributed by atoms with Gasteiger partial charge < -0.3 is 9.84 Å². The summed E-state index contributed by atoms with van der Waals surface area (Å²) in [6.07, 6.45) is 6.10. The molecule has 0 aliphatic carbocycles. The number of aliphatic hydroxyl groups excluding tert-OH is 1. The topological polar surface area (TPSA) is 46.5 Å². The molecule has 0 radical (unpaired) electrons. The van der Waals surface area contributed by atoms with Crippen molar-refractivity contribution >= 4 is 5.97 Å². The van der Waals surface area contributed by atoms with Gasteiger partial charge in [0.15, 0.2) is 0 Å². The van der Waals surface area contributed by atoms with Crippen molar-refractivity contribution in [3.05, 3.63) is 0 Å². The van der Waals surface area contributed by atoms with Gasteiger partial charge >= 0.3 is 5.97 Å². The van der Waals surface area contributed by atoms with Crippen LogP contribution < -0.4 is 0 Å². The molecule has 0 heterocycles. The third kappa shape index (κ3) is 24.7. The summed E-state index contributed by atoms with van der Waals surface area (Å²) in [6, 6.07) is 0. The van der Waals surface area contributed by atoms with E-state index in [2.05, 4.69) is 11.7 Å². The highest BCUT2D eigenvalue weighted by atomic mass is 16.5. The zero-order valence-corrected chi connectivity index (χ0v) is 10.6. The fraction of sp³-hybridized carbons (Fsp3) is 0.917. The number of hydrogen-bond donors (Lipinski definition) is 1. The average Bonchev–Trinajstić information content (AvgIpc) is 2.11. The lowest BCUT2D eigenvalue weighted by atomic mass is 10.2. The lowest BCUT2D eigenvalue weighted by Crippen LogP contribution is -2.06. The quantitative estimate of drug-likeness (QED) is 0.551. The lowest BCUT2D eigenvalue weighted by Gasteiger charge is -2.01. The van der Waals surface area contributed by atoms with Crippen LogP contribution in [-0.4, -0.2) is 23.8 Å². The Morgan fingerprint density at radius 1 is 1.20 bits per heavy atom. The highest BCUT2D eigenvalue weighted by Gasteiger charge is 1.93. The molecule has 0 atom stereocenters. The summed E-state index contributed by atoms with van der Waals surface area (Å²) < 4.78 is 4.61. The number of ether oxygens (including phenoxy) is 1. The predicted octanol–water partition coefficient (Wildman–Crippen LogP) is 2.91. The second kappa shape index (κ2) is 13.4. The number of esters is 1. The summed E-state index contributed by atoms with van der Waals surface area (Å²) in [5.41, 5.74) is 0. The Bertz CT molecular complexity index is 127. The van der Waals surface area contributed by atoms with Crippen molar-refractivity contribution in [2.45, 2.75) is 65.9 Å². The predicted molar refractivity (Wildman–Crippen MR) is 62.7 cm³/mol. The Kier molecular flexibility index (Phi) is 15.1. The summed E-state index contributed by atoms with van der Waals surface area (Å²) in [5, 5.41) is 8.37. The van der Waals surface area contributed by atoms with Crippen LogP contribution in [0.15, 0.2) is 0 Å². The van der Waals surface area contributed by atoms with Crippen LogP contribution in [0.2, 0.25) is 0 Å². The minimum atomic E-state index is -0.213. The molecule has 1 N–H and O–H groups in total. The summed E-state index contributed by atoms with van der Waals surface area (Å²) in [4.78, 5) is 10.0. The molecule has 0 rings (SSSR count).